The minimum atomic E-state index is -3.95. The average molecular weight is 472 g/mol. The third-order valence-corrected chi connectivity index (χ3v) is 6.53. The fraction of sp³-hybridized carbons (Fsp3) is 0.304. The molecule has 2 heterocycles. The molecule has 1 aromatic heterocycles. The van der Waals surface area contributed by atoms with Gasteiger partial charge in [-0.3, -0.25) is 4.72 Å². The molecular weight excluding hydrogens is 445 g/mol. The highest BCUT2D eigenvalue weighted by molar-refractivity contribution is 7.92. The van der Waals surface area contributed by atoms with Crippen LogP contribution in [0, 0.1) is 12.7 Å². The standard InChI is InChI=1S/C23H26FN5O3S/c1-3-32-21-11-10-19(15-20(21)24)33(30,31)28-18-8-6-17(7-9-18)26-22-14-16(2)25-23(27-22)29-12-4-5-13-29/h6-11,14-15,28H,3-5,12-13H2,1-2H3,(H,25,26,27). The molecule has 4 rings (SSSR count). The number of anilines is 4. The van der Waals surface area contributed by atoms with Crippen molar-refractivity contribution in [2.45, 2.75) is 31.6 Å². The zero-order valence-electron chi connectivity index (χ0n) is 18.5. The molecule has 1 aliphatic heterocycles. The van der Waals surface area contributed by atoms with Crippen molar-refractivity contribution in [3.05, 3.63) is 60.0 Å². The van der Waals surface area contributed by atoms with Gasteiger partial charge < -0.3 is 15.0 Å². The highest BCUT2D eigenvalue weighted by atomic mass is 32.2. The molecule has 0 unspecified atom stereocenters. The summed E-state index contributed by atoms with van der Waals surface area (Å²) in [5.74, 6) is 0.664. The Balaban J connectivity index is 1.46. The van der Waals surface area contributed by atoms with Gasteiger partial charge in [0.1, 0.15) is 5.82 Å². The van der Waals surface area contributed by atoms with E-state index < -0.39 is 15.8 Å². The van der Waals surface area contributed by atoms with Crippen molar-refractivity contribution < 1.29 is 17.5 Å². The van der Waals surface area contributed by atoms with Crippen molar-refractivity contribution in [1.82, 2.24) is 9.97 Å². The molecule has 174 valence electrons. The summed E-state index contributed by atoms with van der Waals surface area (Å²) >= 11 is 0. The van der Waals surface area contributed by atoms with E-state index in [-0.39, 0.29) is 17.3 Å². The lowest BCUT2D eigenvalue weighted by atomic mass is 10.3. The monoisotopic (exact) mass is 471 g/mol. The number of rotatable bonds is 8. The lowest BCUT2D eigenvalue weighted by Gasteiger charge is -2.17. The average Bonchev–Trinajstić information content (AvgIpc) is 3.31. The molecule has 2 N–H and O–H groups in total. The van der Waals surface area contributed by atoms with Crippen molar-refractivity contribution in [3.63, 3.8) is 0 Å². The van der Waals surface area contributed by atoms with E-state index in [1.165, 1.54) is 12.1 Å². The van der Waals surface area contributed by atoms with Crippen LogP contribution in [0.15, 0.2) is 53.4 Å². The number of halogens is 1. The van der Waals surface area contributed by atoms with E-state index >= 15 is 0 Å². The SMILES string of the molecule is CCOc1ccc(S(=O)(=O)Nc2ccc(Nc3cc(C)nc(N4CCCC4)n3)cc2)cc1F. The summed E-state index contributed by atoms with van der Waals surface area (Å²) in [5.41, 5.74) is 1.96. The highest BCUT2D eigenvalue weighted by Gasteiger charge is 2.18. The smallest absolute Gasteiger partial charge is 0.262 e. The first kappa shape index (κ1) is 22.8. The molecule has 0 atom stereocenters. The molecule has 0 bridgehead atoms. The molecule has 1 fully saturated rings. The summed E-state index contributed by atoms with van der Waals surface area (Å²) in [6.45, 7) is 5.85. The van der Waals surface area contributed by atoms with Crippen LogP contribution in [0.4, 0.5) is 27.5 Å². The normalized spacial score (nSPS) is 13.7. The second-order valence-electron chi connectivity index (χ2n) is 7.72. The molecule has 2 aromatic carbocycles. The minimum absolute atomic E-state index is 0.0136. The van der Waals surface area contributed by atoms with Gasteiger partial charge in [0, 0.05) is 36.2 Å². The summed E-state index contributed by atoms with van der Waals surface area (Å²) in [4.78, 5) is 11.1. The van der Waals surface area contributed by atoms with Crippen molar-refractivity contribution in [3.8, 4) is 5.75 Å². The van der Waals surface area contributed by atoms with Crippen LogP contribution in [0.2, 0.25) is 0 Å². The van der Waals surface area contributed by atoms with Crippen LogP contribution in [-0.4, -0.2) is 38.1 Å². The Bertz CT molecular complexity index is 1230. The van der Waals surface area contributed by atoms with Gasteiger partial charge >= 0.3 is 0 Å². The Hall–Kier alpha value is -3.40. The van der Waals surface area contributed by atoms with Crippen LogP contribution in [-0.2, 0) is 10.0 Å². The molecule has 0 amide bonds. The number of ether oxygens (including phenoxy) is 1. The zero-order valence-corrected chi connectivity index (χ0v) is 19.3. The van der Waals surface area contributed by atoms with Gasteiger partial charge in [-0.2, -0.15) is 4.98 Å². The number of aromatic nitrogens is 2. The van der Waals surface area contributed by atoms with E-state index in [9.17, 15) is 12.8 Å². The first-order valence-corrected chi connectivity index (χ1v) is 12.3. The van der Waals surface area contributed by atoms with E-state index in [2.05, 4.69) is 24.9 Å². The predicted molar refractivity (Wildman–Crippen MR) is 126 cm³/mol. The van der Waals surface area contributed by atoms with Crippen molar-refractivity contribution in [2.24, 2.45) is 0 Å². The van der Waals surface area contributed by atoms with Gasteiger partial charge in [0.05, 0.1) is 11.5 Å². The zero-order chi connectivity index (χ0) is 23.4. The molecule has 3 aromatic rings. The summed E-state index contributed by atoms with van der Waals surface area (Å²) in [7, 11) is -3.95. The van der Waals surface area contributed by atoms with Crippen molar-refractivity contribution >= 4 is 33.2 Å². The van der Waals surface area contributed by atoms with E-state index in [4.69, 9.17) is 4.74 Å². The Labute approximate surface area is 192 Å². The Morgan fingerprint density at radius 2 is 1.73 bits per heavy atom. The Morgan fingerprint density at radius 3 is 2.39 bits per heavy atom. The number of nitrogens with zero attached hydrogens (tertiary/aromatic N) is 3. The Morgan fingerprint density at radius 1 is 1.03 bits per heavy atom. The fourth-order valence-corrected chi connectivity index (χ4v) is 4.65. The van der Waals surface area contributed by atoms with Crippen LogP contribution in [0.5, 0.6) is 5.75 Å². The fourth-order valence-electron chi connectivity index (χ4n) is 3.58. The number of nitrogens with one attached hydrogen (secondary N) is 2. The van der Waals surface area contributed by atoms with Gasteiger partial charge in [0.25, 0.3) is 10.0 Å². The predicted octanol–water partition coefficient (Wildman–Crippen LogP) is 4.47. The van der Waals surface area contributed by atoms with E-state index in [1.54, 1.807) is 31.2 Å². The first-order chi connectivity index (χ1) is 15.8. The molecule has 1 saturated heterocycles. The summed E-state index contributed by atoms with van der Waals surface area (Å²) < 4.78 is 47.0. The van der Waals surface area contributed by atoms with Crippen LogP contribution >= 0.6 is 0 Å². The molecule has 33 heavy (non-hydrogen) atoms. The van der Waals surface area contributed by atoms with E-state index in [0.717, 1.165) is 43.4 Å². The van der Waals surface area contributed by atoms with Gasteiger partial charge in [0.2, 0.25) is 5.95 Å². The van der Waals surface area contributed by atoms with Gasteiger partial charge in [-0.25, -0.2) is 17.8 Å². The molecule has 8 nitrogen and oxygen atoms in total. The van der Waals surface area contributed by atoms with Gasteiger partial charge in [0.15, 0.2) is 11.6 Å². The molecule has 0 radical (unpaired) electrons. The van der Waals surface area contributed by atoms with Gasteiger partial charge in [-0.15, -0.1) is 0 Å². The first-order valence-electron chi connectivity index (χ1n) is 10.8. The molecule has 0 aliphatic carbocycles. The number of aryl methyl sites for hydroxylation is 1. The maximum atomic E-state index is 14.1. The van der Waals surface area contributed by atoms with Gasteiger partial charge in [-0.1, -0.05) is 0 Å². The molecule has 0 spiro atoms. The quantitative estimate of drug-likeness (QED) is 0.500. The van der Waals surface area contributed by atoms with E-state index in [0.29, 0.717) is 17.5 Å². The maximum absolute atomic E-state index is 14.1. The van der Waals surface area contributed by atoms with Crippen LogP contribution in [0.3, 0.4) is 0 Å². The number of hydrogen-bond donors (Lipinski definition) is 2. The van der Waals surface area contributed by atoms with Crippen molar-refractivity contribution in [1.29, 1.82) is 0 Å². The highest BCUT2D eigenvalue weighted by Crippen LogP contribution is 2.25. The third kappa shape index (κ3) is 5.51. The molecule has 10 heteroatoms. The molecule has 1 aliphatic rings. The number of sulfonamides is 1. The number of hydrogen-bond acceptors (Lipinski definition) is 7. The molecule has 0 saturated carbocycles. The largest absolute Gasteiger partial charge is 0.491 e. The molecular formula is C23H26FN5O3S. The lowest BCUT2D eigenvalue weighted by Crippen LogP contribution is -2.21. The third-order valence-electron chi connectivity index (χ3n) is 5.15. The second-order valence-corrected chi connectivity index (χ2v) is 9.40. The summed E-state index contributed by atoms with van der Waals surface area (Å²) in [6.07, 6.45) is 2.28. The second kappa shape index (κ2) is 9.62. The van der Waals surface area contributed by atoms with Crippen LogP contribution in [0.25, 0.3) is 0 Å². The van der Waals surface area contributed by atoms with Crippen LogP contribution < -0.4 is 19.7 Å². The number of benzene rings is 2. The van der Waals surface area contributed by atoms with Gasteiger partial charge in [-0.05, 0) is 69.2 Å². The topological polar surface area (TPSA) is 96.5 Å². The maximum Gasteiger partial charge on any atom is 0.262 e. The van der Waals surface area contributed by atoms with Crippen molar-refractivity contribution in [2.75, 3.05) is 34.6 Å². The summed E-state index contributed by atoms with van der Waals surface area (Å²) in [6, 6.07) is 12.1. The summed E-state index contributed by atoms with van der Waals surface area (Å²) in [5, 5.41) is 3.24. The Kier molecular flexibility index (Phi) is 6.64. The van der Waals surface area contributed by atoms with Crippen LogP contribution in [0.1, 0.15) is 25.5 Å². The van der Waals surface area contributed by atoms with E-state index in [1.807, 2.05) is 13.0 Å². The minimum Gasteiger partial charge on any atom is -0.491 e. The lowest BCUT2D eigenvalue weighted by molar-refractivity contribution is 0.321.